The number of aromatic nitrogens is 1. The van der Waals surface area contributed by atoms with Crippen LogP contribution >= 0.6 is 27.7 Å². The lowest BCUT2D eigenvalue weighted by Gasteiger charge is -2.01. The van der Waals surface area contributed by atoms with Gasteiger partial charge in [-0.15, -0.1) is 11.8 Å². The van der Waals surface area contributed by atoms with Crippen molar-refractivity contribution in [3.63, 3.8) is 0 Å². The van der Waals surface area contributed by atoms with Crippen LogP contribution in [0.1, 0.15) is 0 Å². The molecule has 0 spiro atoms. The zero-order valence-corrected chi connectivity index (χ0v) is 9.52. The van der Waals surface area contributed by atoms with Gasteiger partial charge in [-0.05, 0) is 30.5 Å². The zero-order valence-electron chi connectivity index (χ0n) is 7.12. The Bertz CT molecular complexity index is 442. The summed E-state index contributed by atoms with van der Waals surface area (Å²) in [6, 6.07) is 8.25. The Hall–Kier alpha value is -0.540. The highest BCUT2D eigenvalue weighted by Crippen LogP contribution is 2.26. The second-order valence-electron chi connectivity index (χ2n) is 2.68. The van der Waals surface area contributed by atoms with E-state index in [1.54, 1.807) is 11.8 Å². The average Bonchev–Trinajstić information content (AvgIpc) is 2.18. The molecule has 0 fully saturated rings. The van der Waals surface area contributed by atoms with Gasteiger partial charge in [0.2, 0.25) is 0 Å². The van der Waals surface area contributed by atoms with Crippen LogP contribution < -0.4 is 0 Å². The van der Waals surface area contributed by atoms with Crippen molar-refractivity contribution in [1.29, 1.82) is 0 Å². The normalized spacial score (nSPS) is 10.6. The summed E-state index contributed by atoms with van der Waals surface area (Å²) in [6.45, 7) is 0. The van der Waals surface area contributed by atoms with E-state index in [2.05, 4.69) is 39.3 Å². The predicted molar refractivity (Wildman–Crippen MR) is 61.2 cm³/mol. The van der Waals surface area contributed by atoms with Gasteiger partial charge in [-0.25, -0.2) is 0 Å². The first-order valence-corrected chi connectivity index (χ1v) is 5.91. The van der Waals surface area contributed by atoms with Crippen LogP contribution in [-0.2, 0) is 0 Å². The molecule has 0 bridgehead atoms. The van der Waals surface area contributed by atoms with Crippen LogP contribution in [0.3, 0.4) is 0 Å². The van der Waals surface area contributed by atoms with Gasteiger partial charge in [0, 0.05) is 21.0 Å². The van der Waals surface area contributed by atoms with E-state index in [0.29, 0.717) is 0 Å². The maximum Gasteiger partial charge on any atom is 0.0714 e. The number of halogens is 1. The van der Waals surface area contributed by atoms with Gasteiger partial charge in [0.05, 0.1) is 5.52 Å². The molecule has 0 aliphatic heterocycles. The molecular weight excluding hydrogens is 246 g/mol. The van der Waals surface area contributed by atoms with Gasteiger partial charge in [0.25, 0.3) is 0 Å². The largest absolute Gasteiger partial charge is 0.256 e. The van der Waals surface area contributed by atoms with Crippen molar-refractivity contribution in [2.24, 2.45) is 0 Å². The Kier molecular flexibility index (Phi) is 2.56. The summed E-state index contributed by atoms with van der Waals surface area (Å²) in [5.41, 5.74) is 1.03. The fraction of sp³-hybridized carbons (Fsp3) is 0.100. The molecule has 0 aliphatic carbocycles. The third kappa shape index (κ3) is 1.71. The average molecular weight is 254 g/mol. The molecule has 0 saturated heterocycles. The number of rotatable bonds is 1. The molecule has 0 saturated carbocycles. The number of nitrogens with zero attached hydrogens (tertiary/aromatic N) is 1. The van der Waals surface area contributed by atoms with Crippen molar-refractivity contribution in [3.8, 4) is 0 Å². The Balaban J connectivity index is 2.74. The summed E-state index contributed by atoms with van der Waals surface area (Å²) in [7, 11) is 0. The molecule has 1 aromatic carbocycles. The summed E-state index contributed by atoms with van der Waals surface area (Å²) >= 11 is 5.25. The SMILES string of the molecule is CSc1ccc2nccc(Br)c2c1. The van der Waals surface area contributed by atoms with Crippen molar-refractivity contribution in [2.45, 2.75) is 4.90 Å². The fourth-order valence-corrected chi connectivity index (χ4v) is 2.09. The molecule has 0 N–H and O–H groups in total. The van der Waals surface area contributed by atoms with Crippen LogP contribution in [0.25, 0.3) is 10.9 Å². The van der Waals surface area contributed by atoms with E-state index in [-0.39, 0.29) is 0 Å². The predicted octanol–water partition coefficient (Wildman–Crippen LogP) is 3.72. The smallest absolute Gasteiger partial charge is 0.0714 e. The van der Waals surface area contributed by atoms with E-state index in [0.717, 1.165) is 9.99 Å². The molecule has 3 heteroatoms. The molecule has 13 heavy (non-hydrogen) atoms. The van der Waals surface area contributed by atoms with Gasteiger partial charge < -0.3 is 0 Å². The second-order valence-corrected chi connectivity index (χ2v) is 4.41. The van der Waals surface area contributed by atoms with Crippen LogP contribution in [-0.4, -0.2) is 11.2 Å². The zero-order chi connectivity index (χ0) is 9.26. The Labute approximate surface area is 89.7 Å². The van der Waals surface area contributed by atoms with Crippen LogP contribution in [0.15, 0.2) is 39.8 Å². The monoisotopic (exact) mass is 253 g/mol. The number of hydrogen-bond donors (Lipinski definition) is 0. The number of thioether (sulfide) groups is 1. The second kappa shape index (κ2) is 3.68. The first kappa shape index (κ1) is 9.03. The first-order valence-electron chi connectivity index (χ1n) is 3.89. The number of hydrogen-bond acceptors (Lipinski definition) is 2. The summed E-state index contributed by atoms with van der Waals surface area (Å²) < 4.78 is 1.11. The van der Waals surface area contributed by atoms with E-state index in [4.69, 9.17) is 0 Å². The molecule has 66 valence electrons. The molecule has 1 nitrogen and oxygen atoms in total. The summed E-state index contributed by atoms with van der Waals surface area (Å²) in [5.74, 6) is 0. The van der Waals surface area contributed by atoms with Gasteiger partial charge in [-0.2, -0.15) is 0 Å². The van der Waals surface area contributed by atoms with E-state index < -0.39 is 0 Å². The number of pyridine rings is 1. The molecular formula is C10H8BrNS. The van der Waals surface area contributed by atoms with E-state index >= 15 is 0 Å². The lowest BCUT2D eigenvalue weighted by molar-refractivity contribution is 1.38. The van der Waals surface area contributed by atoms with Crippen LogP contribution in [0, 0.1) is 0 Å². The van der Waals surface area contributed by atoms with Crippen LogP contribution in [0.5, 0.6) is 0 Å². The van der Waals surface area contributed by atoms with Gasteiger partial charge in [-0.1, -0.05) is 15.9 Å². The third-order valence-corrected chi connectivity index (χ3v) is 3.31. The standard InChI is InChI=1S/C10H8BrNS/c1-13-7-2-3-10-8(6-7)9(11)4-5-12-10/h2-6H,1H3. The van der Waals surface area contributed by atoms with Crippen molar-refractivity contribution >= 4 is 38.6 Å². The Morgan fingerprint density at radius 3 is 2.92 bits per heavy atom. The van der Waals surface area contributed by atoms with Gasteiger partial charge in [0.1, 0.15) is 0 Å². The highest BCUT2D eigenvalue weighted by atomic mass is 79.9. The van der Waals surface area contributed by atoms with Gasteiger partial charge in [-0.3, -0.25) is 4.98 Å². The third-order valence-electron chi connectivity index (χ3n) is 1.90. The van der Waals surface area contributed by atoms with Crippen molar-refractivity contribution in [3.05, 3.63) is 34.9 Å². The van der Waals surface area contributed by atoms with E-state index in [1.807, 2.05) is 18.3 Å². The maximum atomic E-state index is 4.28. The van der Waals surface area contributed by atoms with Crippen molar-refractivity contribution in [2.75, 3.05) is 6.26 Å². The maximum absolute atomic E-state index is 4.28. The minimum absolute atomic E-state index is 1.03. The number of benzene rings is 1. The summed E-state index contributed by atoms with van der Waals surface area (Å²) in [5, 5.41) is 1.18. The van der Waals surface area contributed by atoms with E-state index in [1.165, 1.54) is 10.3 Å². The Morgan fingerprint density at radius 1 is 1.31 bits per heavy atom. The summed E-state index contributed by atoms with van der Waals surface area (Å²) in [4.78, 5) is 5.54. The van der Waals surface area contributed by atoms with Crippen molar-refractivity contribution < 1.29 is 0 Å². The highest BCUT2D eigenvalue weighted by molar-refractivity contribution is 9.10. The molecule has 0 unspecified atom stereocenters. The fourth-order valence-electron chi connectivity index (χ4n) is 1.22. The van der Waals surface area contributed by atoms with E-state index in [9.17, 15) is 0 Å². The molecule has 2 aromatic rings. The summed E-state index contributed by atoms with van der Waals surface area (Å²) in [6.07, 6.45) is 3.89. The van der Waals surface area contributed by atoms with Gasteiger partial charge >= 0.3 is 0 Å². The van der Waals surface area contributed by atoms with Crippen LogP contribution in [0.2, 0.25) is 0 Å². The molecule has 2 rings (SSSR count). The molecule has 0 amide bonds. The Morgan fingerprint density at radius 2 is 2.15 bits per heavy atom. The van der Waals surface area contributed by atoms with Crippen LogP contribution in [0.4, 0.5) is 0 Å². The highest BCUT2D eigenvalue weighted by Gasteiger charge is 1.99. The molecule has 1 heterocycles. The topological polar surface area (TPSA) is 12.9 Å². The first-order chi connectivity index (χ1) is 6.31. The number of fused-ring (bicyclic) bond motifs is 1. The lowest BCUT2D eigenvalue weighted by atomic mass is 10.2. The minimum atomic E-state index is 1.03. The van der Waals surface area contributed by atoms with Gasteiger partial charge in [0.15, 0.2) is 0 Å². The minimum Gasteiger partial charge on any atom is -0.256 e. The molecule has 0 radical (unpaired) electrons. The molecule has 1 aromatic heterocycles. The molecule has 0 atom stereocenters. The molecule has 0 aliphatic rings. The van der Waals surface area contributed by atoms with Crippen molar-refractivity contribution in [1.82, 2.24) is 4.98 Å². The quantitative estimate of drug-likeness (QED) is 0.719. The lowest BCUT2D eigenvalue weighted by Crippen LogP contribution is -1.79.